The van der Waals surface area contributed by atoms with Gasteiger partial charge in [0.25, 0.3) is 0 Å². The lowest BCUT2D eigenvalue weighted by atomic mass is 9.94. The number of carbonyl (C=O) groups is 1. The molecule has 0 saturated carbocycles. The van der Waals surface area contributed by atoms with Crippen molar-refractivity contribution in [1.29, 1.82) is 0 Å². The molecule has 138 valence electrons. The maximum Gasteiger partial charge on any atom is 0.339 e. The number of hydrogen-bond donors (Lipinski definition) is 0. The molecule has 0 fully saturated rings. The van der Waals surface area contributed by atoms with Crippen molar-refractivity contribution >= 4 is 17.0 Å². The van der Waals surface area contributed by atoms with Crippen LogP contribution in [0, 0.1) is 0 Å². The lowest BCUT2D eigenvalue weighted by Crippen LogP contribution is -2.03. The average Bonchev–Trinajstić information content (AvgIpc) is 3.31. The predicted octanol–water partition coefficient (Wildman–Crippen LogP) is 4.43. The van der Waals surface area contributed by atoms with Crippen molar-refractivity contribution in [2.24, 2.45) is 0 Å². The van der Waals surface area contributed by atoms with Gasteiger partial charge in [0.05, 0.1) is 30.0 Å². The highest BCUT2D eigenvalue weighted by Crippen LogP contribution is 2.38. The van der Waals surface area contributed by atoms with Gasteiger partial charge in [0.15, 0.2) is 0 Å². The standard InChI is InChI=1S/C23H18N2O3/c1-27-18-9-7-16(8-10-18)20-21-17(13-28-23(21)26)11-19-22(20)25(14-24-19)12-15-5-3-2-4-6-15/h2-11,14H,12-13H2,1H3. The van der Waals surface area contributed by atoms with Crippen LogP contribution in [-0.4, -0.2) is 22.6 Å². The molecule has 5 rings (SSSR count). The van der Waals surface area contributed by atoms with Gasteiger partial charge in [0, 0.05) is 17.7 Å². The Bertz CT molecular complexity index is 1180. The van der Waals surface area contributed by atoms with Crippen LogP contribution < -0.4 is 4.74 Å². The Balaban J connectivity index is 1.76. The fourth-order valence-electron chi connectivity index (χ4n) is 3.79. The van der Waals surface area contributed by atoms with Crippen molar-refractivity contribution < 1.29 is 14.3 Å². The second-order valence-electron chi connectivity index (χ2n) is 6.82. The van der Waals surface area contributed by atoms with Crippen LogP contribution in [0.25, 0.3) is 22.2 Å². The summed E-state index contributed by atoms with van der Waals surface area (Å²) in [5, 5.41) is 0. The molecular formula is C23H18N2O3. The molecule has 5 nitrogen and oxygen atoms in total. The summed E-state index contributed by atoms with van der Waals surface area (Å²) >= 11 is 0. The third kappa shape index (κ3) is 2.63. The van der Waals surface area contributed by atoms with Crippen LogP contribution in [-0.2, 0) is 17.9 Å². The molecule has 2 heterocycles. The van der Waals surface area contributed by atoms with Crippen LogP contribution in [0.5, 0.6) is 5.75 Å². The van der Waals surface area contributed by atoms with Crippen LogP contribution in [0.2, 0.25) is 0 Å². The predicted molar refractivity (Wildman–Crippen MR) is 106 cm³/mol. The van der Waals surface area contributed by atoms with Gasteiger partial charge in [-0.05, 0) is 29.3 Å². The van der Waals surface area contributed by atoms with Crippen molar-refractivity contribution in [1.82, 2.24) is 9.55 Å². The van der Waals surface area contributed by atoms with Crippen molar-refractivity contribution in [3.05, 3.63) is 83.7 Å². The number of rotatable bonds is 4. The number of fused-ring (bicyclic) bond motifs is 2. The molecule has 0 spiro atoms. The summed E-state index contributed by atoms with van der Waals surface area (Å²) in [7, 11) is 1.64. The number of cyclic esters (lactones) is 1. The van der Waals surface area contributed by atoms with E-state index >= 15 is 0 Å². The monoisotopic (exact) mass is 370 g/mol. The molecule has 4 aromatic rings. The summed E-state index contributed by atoms with van der Waals surface area (Å²) in [6.45, 7) is 0.965. The molecule has 28 heavy (non-hydrogen) atoms. The summed E-state index contributed by atoms with van der Waals surface area (Å²) in [4.78, 5) is 17.2. The summed E-state index contributed by atoms with van der Waals surface area (Å²) < 4.78 is 12.7. The smallest absolute Gasteiger partial charge is 0.339 e. The molecule has 1 aromatic heterocycles. The average molecular weight is 370 g/mol. The molecule has 0 aliphatic carbocycles. The minimum absolute atomic E-state index is 0.282. The first-order valence-electron chi connectivity index (χ1n) is 9.11. The third-order valence-corrected chi connectivity index (χ3v) is 5.12. The quantitative estimate of drug-likeness (QED) is 0.499. The van der Waals surface area contributed by atoms with Gasteiger partial charge in [0.2, 0.25) is 0 Å². The van der Waals surface area contributed by atoms with Gasteiger partial charge in [-0.3, -0.25) is 0 Å². The molecule has 0 radical (unpaired) electrons. The van der Waals surface area contributed by atoms with Crippen LogP contribution in [0.1, 0.15) is 21.5 Å². The van der Waals surface area contributed by atoms with E-state index in [4.69, 9.17) is 9.47 Å². The van der Waals surface area contributed by atoms with Crippen molar-refractivity contribution in [3.8, 4) is 16.9 Å². The maximum atomic E-state index is 12.5. The molecule has 3 aromatic carbocycles. The van der Waals surface area contributed by atoms with E-state index in [1.165, 1.54) is 5.56 Å². The van der Waals surface area contributed by atoms with Gasteiger partial charge >= 0.3 is 5.97 Å². The molecule has 1 aliphatic heterocycles. The Hall–Kier alpha value is -3.60. The van der Waals surface area contributed by atoms with Gasteiger partial charge < -0.3 is 14.0 Å². The Labute approximate surface area is 162 Å². The molecule has 0 bridgehead atoms. The maximum absolute atomic E-state index is 12.5. The van der Waals surface area contributed by atoms with E-state index in [0.29, 0.717) is 18.7 Å². The lowest BCUT2D eigenvalue weighted by Gasteiger charge is -2.13. The minimum Gasteiger partial charge on any atom is -0.497 e. The fourth-order valence-corrected chi connectivity index (χ4v) is 3.79. The second-order valence-corrected chi connectivity index (χ2v) is 6.82. The highest BCUT2D eigenvalue weighted by Gasteiger charge is 2.29. The van der Waals surface area contributed by atoms with Gasteiger partial charge in [-0.25, -0.2) is 9.78 Å². The van der Waals surface area contributed by atoms with Gasteiger partial charge in [-0.1, -0.05) is 42.5 Å². The van der Waals surface area contributed by atoms with Crippen molar-refractivity contribution in [2.45, 2.75) is 13.2 Å². The van der Waals surface area contributed by atoms with E-state index in [9.17, 15) is 4.79 Å². The number of ether oxygens (including phenoxy) is 2. The SMILES string of the molecule is COc1ccc(-c2c3c(cc4ncn(Cc5ccccc5)c24)COC3=O)cc1. The molecule has 0 N–H and O–H groups in total. The first kappa shape index (κ1) is 16.6. The van der Waals surface area contributed by atoms with Crippen molar-refractivity contribution in [3.63, 3.8) is 0 Å². The van der Waals surface area contributed by atoms with Gasteiger partial charge in [0.1, 0.15) is 12.4 Å². The Morgan fingerprint density at radius 3 is 2.61 bits per heavy atom. The first-order chi connectivity index (χ1) is 13.7. The van der Waals surface area contributed by atoms with Crippen molar-refractivity contribution in [2.75, 3.05) is 7.11 Å². The molecule has 5 heteroatoms. The van der Waals surface area contributed by atoms with E-state index < -0.39 is 0 Å². The van der Waals surface area contributed by atoms with E-state index in [1.54, 1.807) is 7.11 Å². The molecular weight excluding hydrogens is 352 g/mol. The van der Waals surface area contributed by atoms with E-state index in [2.05, 4.69) is 21.7 Å². The Kier molecular flexibility index (Phi) is 3.86. The summed E-state index contributed by atoms with van der Waals surface area (Å²) in [6.07, 6.45) is 1.84. The summed E-state index contributed by atoms with van der Waals surface area (Å²) in [5.41, 5.74) is 6.29. The molecule has 0 amide bonds. The fraction of sp³-hybridized carbons (Fsp3) is 0.130. The highest BCUT2D eigenvalue weighted by atomic mass is 16.5. The highest BCUT2D eigenvalue weighted by molar-refractivity contribution is 6.09. The number of hydrogen-bond acceptors (Lipinski definition) is 4. The van der Waals surface area contributed by atoms with Crippen LogP contribution >= 0.6 is 0 Å². The number of aromatic nitrogens is 2. The first-order valence-corrected chi connectivity index (χ1v) is 9.11. The number of methoxy groups -OCH3 is 1. The zero-order valence-corrected chi connectivity index (χ0v) is 15.4. The van der Waals surface area contributed by atoms with E-state index in [-0.39, 0.29) is 5.97 Å². The van der Waals surface area contributed by atoms with Crippen LogP contribution in [0.15, 0.2) is 67.0 Å². The van der Waals surface area contributed by atoms with Crippen LogP contribution in [0.4, 0.5) is 0 Å². The Morgan fingerprint density at radius 2 is 1.86 bits per heavy atom. The number of nitrogens with zero attached hydrogens (tertiary/aromatic N) is 2. The molecule has 0 saturated heterocycles. The third-order valence-electron chi connectivity index (χ3n) is 5.12. The molecule has 1 aliphatic rings. The largest absolute Gasteiger partial charge is 0.497 e. The number of imidazole rings is 1. The lowest BCUT2D eigenvalue weighted by molar-refractivity contribution is 0.0535. The minimum atomic E-state index is -0.282. The number of esters is 1. The number of carbonyl (C=O) groups excluding carboxylic acids is 1. The summed E-state index contributed by atoms with van der Waals surface area (Å²) in [5.74, 6) is 0.489. The van der Waals surface area contributed by atoms with Crippen LogP contribution in [0.3, 0.4) is 0 Å². The zero-order chi connectivity index (χ0) is 19.1. The molecule has 0 unspecified atom stereocenters. The number of benzene rings is 3. The summed E-state index contributed by atoms with van der Waals surface area (Å²) in [6, 6.07) is 19.9. The van der Waals surface area contributed by atoms with E-state index in [0.717, 1.165) is 33.5 Å². The van der Waals surface area contributed by atoms with Gasteiger partial charge in [-0.2, -0.15) is 0 Å². The second kappa shape index (κ2) is 6.53. The molecule has 0 atom stereocenters. The van der Waals surface area contributed by atoms with Gasteiger partial charge in [-0.15, -0.1) is 0 Å². The zero-order valence-electron chi connectivity index (χ0n) is 15.4. The normalized spacial score (nSPS) is 12.8. The topological polar surface area (TPSA) is 53.4 Å². The van der Waals surface area contributed by atoms with E-state index in [1.807, 2.05) is 54.9 Å². The Morgan fingerprint density at radius 1 is 1.07 bits per heavy atom.